The van der Waals surface area contributed by atoms with Gasteiger partial charge in [0, 0.05) is 17.3 Å². The molecular weight excluding hydrogens is 344 g/mol. The molecular formula is C21H20N2O2S. The molecule has 0 atom stereocenters. The molecule has 0 amide bonds. The minimum atomic E-state index is 0.833. The molecule has 132 valence electrons. The molecule has 0 spiro atoms. The van der Waals surface area contributed by atoms with Crippen LogP contribution < -0.4 is 9.54 Å². The summed E-state index contributed by atoms with van der Waals surface area (Å²) in [4.78, 5) is 5.78. The Kier molecular flexibility index (Phi) is 4.63. The highest BCUT2D eigenvalue weighted by Gasteiger charge is 2.12. The van der Waals surface area contributed by atoms with Gasteiger partial charge in [-0.2, -0.15) is 0 Å². The highest BCUT2D eigenvalue weighted by molar-refractivity contribution is 7.07. The lowest BCUT2D eigenvalue weighted by molar-refractivity contribution is 0.415. The van der Waals surface area contributed by atoms with E-state index in [1.807, 2.05) is 42.5 Å². The first-order chi connectivity index (χ1) is 12.8. The first-order valence-corrected chi connectivity index (χ1v) is 9.52. The molecule has 0 N–H and O–H groups in total. The summed E-state index contributed by atoms with van der Waals surface area (Å²) in [6, 6.07) is 18.0. The van der Waals surface area contributed by atoms with Gasteiger partial charge in [0.1, 0.15) is 11.3 Å². The Labute approximate surface area is 156 Å². The van der Waals surface area contributed by atoms with E-state index in [-0.39, 0.29) is 0 Å². The molecule has 0 bridgehead atoms. The van der Waals surface area contributed by atoms with Crippen LogP contribution in [0.15, 0.2) is 69.4 Å². The van der Waals surface area contributed by atoms with Crippen LogP contribution >= 0.6 is 11.3 Å². The van der Waals surface area contributed by atoms with Crippen LogP contribution in [0.3, 0.4) is 0 Å². The van der Waals surface area contributed by atoms with Crippen LogP contribution in [0.4, 0.5) is 5.69 Å². The Morgan fingerprint density at radius 2 is 1.92 bits per heavy atom. The van der Waals surface area contributed by atoms with Gasteiger partial charge in [-0.05, 0) is 42.8 Å². The summed E-state index contributed by atoms with van der Waals surface area (Å²) < 4.78 is 13.5. The monoisotopic (exact) mass is 364 g/mol. The molecule has 2 aromatic heterocycles. The number of ether oxygens (including phenoxy) is 1. The summed E-state index contributed by atoms with van der Waals surface area (Å²) >= 11 is 1.63. The van der Waals surface area contributed by atoms with Crippen molar-refractivity contribution >= 4 is 28.0 Å². The lowest BCUT2D eigenvalue weighted by Gasteiger charge is -2.05. The zero-order valence-corrected chi connectivity index (χ0v) is 15.6. The maximum atomic E-state index is 6.06. The second-order valence-corrected chi connectivity index (χ2v) is 6.85. The molecule has 0 aliphatic carbocycles. The number of thiazole rings is 1. The van der Waals surface area contributed by atoms with Crippen molar-refractivity contribution in [1.82, 2.24) is 4.57 Å². The highest BCUT2D eigenvalue weighted by Crippen LogP contribution is 2.28. The number of aromatic nitrogens is 1. The Hall–Kier alpha value is -2.79. The molecule has 0 aliphatic heterocycles. The fourth-order valence-electron chi connectivity index (χ4n) is 2.93. The third-order valence-electron chi connectivity index (χ3n) is 4.22. The number of nitrogens with zero attached hydrogens (tertiary/aromatic N) is 2. The largest absolute Gasteiger partial charge is 0.497 e. The molecule has 2 heterocycles. The molecule has 4 rings (SSSR count). The smallest absolute Gasteiger partial charge is 0.190 e. The van der Waals surface area contributed by atoms with Gasteiger partial charge in [-0.3, -0.25) is 0 Å². The quantitative estimate of drug-likeness (QED) is 0.461. The van der Waals surface area contributed by atoms with Gasteiger partial charge < -0.3 is 13.7 Å². The minimum Gasteiger partial charge on any atom is -0.497 e. The van der Waals surface area contributed by atoms with E-state index < -0.39 is 0 Å². The molecule has 4 nitrogen and oxygen atoms in total. The van der Waals surface area contributed by atoms with E-state index in [2.05, 4.69) is 29.0 Å². The number of benzene rings is 2. The minimum absolute atomic E-state index is 0.833. The van der Waals surface area contributed by atoms with Crippen LogP contribution in [-0.4, -0.2) is 11.7 Å². The zero-order valence-electron chi connectivity index (χ0n) is 14.8. The maximum Gasteiger partial charge on any atom is 0.190 e. The Balaban J connectivity index is 1.80. The topological polar surface area (TPSA) is 39.7 Å². The van der Waals surface area contributed by atoms with Crippen LogP contribution in [0.1, 0.15) is 13.3 Å². The Morgan fingerprint density at radius 3 is 2.65 bits per heavy atom. The van der Waals surface area contributed by atoms with Crippen molar-refractivity contribution in [1.29, 1.82) is 0 Å². The first kappa shape index (κ1) is 16.7. The van der Waals surface area contributed by atoms with Crippen LogP contribution in [0.5, 0.6) is 5.75 Å². The molecule has 0 unspecified atom stereocenters. The third kappa shape index (κ3) is 3.18. The summed E-state index contributed by atoms with van der Waals surface area (Å²) in [5.74, 6) is 1.71. The normalized spacial score (nSPS) is 12.0. The molecule has 4 aromatic rings. The van der Waals surface area contributed by atoms with Crippen LogP contribution in [0.25, 0.3) is 22.4 Å². The molecule has 2 aromatic carbocycles. The predicted molar refractivity (Wildman–Crippen MR) is 106 cm³/mol. The maximum absolute atomic E-state index is 6.06. The van der Waals surface area contributed by atoms with E-state index in [0.717, 1.165) is 51.6 Å². The number of hydrogen-bond acceptors (Lipinski definition) is 4. The van der Waals surface area contributed by atoms with Gasteiger partial charge in [-0.15, -0.1) is 11.3 Å². The van der Waals surface area contributed by atoms with E-state index in [1.165, 1.54) is 0 Å². The highest BCUT2D eigenvalue weighted by atomic mass is 32.1. The number of rotatable bonds is 5. The van der Waals surface area contributed by atoms with Gasteiger partial charge in [0.2, 0.25) is 0 Å². The number of methoxy groups -OCH3 is 1. The van der Waals surface area contributed by atoms with E-state index in [1.54, 1.807) is 18.4 Å². The van der Waals surface area contributed by atoms with Crippen molar-refractivity contribution in [2.24, 2.45) is 4.99 Å². The number of fused-ring (bicyclic) bond motifs is 1. The Morgan fingerprint density at radius 1 is 1.12 bits per heavy atom. The van der Waals surface area contributed by atoms with Crippen LogP contribution in [0.2, 0.25) is 0 Å². The zero-order chi connectivity index (χ0) is 17.9. The van der Waals surface area contributed by atoms with E-state index in [4.69, 9.17) is 14.1 Å². The average molecular weight is 364 g/mol. The average Bonchev–Trinajstić information content (AvgIpc) is 3.27. The third-order valence-corrected chi connectivity index (χ3v) is 5.08. The second-order valence-electron chi connectivity index (χ2n) is 6.01. The molecule has 0 radical (unpaired) electrons. The van der Waals surface area contributed by atoms with Gasteiger partial charge >= 0.3 is 0 Å². The summed E-state index contributed by atoms with van der Waals surface area (Å²) in [7, 11) is 1.67. The van der Waals surface area contributed by atoms with Gasteiger partial charge in [-0.25, -0.2) is 4.99 Å². The molecule has 0 saturated carbocycles. The van der Waals surface area contributed by atoms with Crippen molar-refractivity contribution < 1.29 is 9.15 Å². The molecule has 26 heavy (non-hydrogen) atoms. The van der Waals surface area contributed by atoms with Crippen molar-refractivity contribution in [3.8, 4) is 17.2 Å². The van der Waals surface area contributed by atoms with Gasteiger partial charge in [-0.1, -0.05) is 25.1 Å². The van der Waals surface area contributed by atoms with Crippen molar-refractivity contribution in [3.05, 3.63) is 64.8 Å². The molecule has 0 fully saturated rings. The van der Waals surface area contributed by atoms with Gasteiger partial charge in [0.25, 0.3) is 0 Å². The lowest BCUT2D eigenvalue weighted by atomic mass is 10.2. The van der Waals surface area contributed by atoms with Crippen LogP contribution in [-0.2, 0) is 6.54 Å². The molecule has 0 aliphatic rings. The van der Waals surface area contributed by atoms with Crippen molar-refractivity contribution in [3.63, 3.8) is 0 Å². The Bertz CT molecular complexity index is 1050. The first-order valence-electron chi connectivity index (χ1n) is 8.64. The fourth-order valence-corrected chi connectivity index (χ4v) is 3.87. The fraction of sp³-hybridized carbons (Fsp3) is 0.190. The number of hydrogen-bond donors (Lipinski definition) is 0. The summed E-state index contributed by atoms with van der Waals surface area (Å²) in [6.07, 6.45) is 1.03. The van der Waals surface area contributed by atoms with Gasteiger partial charge in [0.05, 0.1) is 18.5 Å². The second kappa shape index (κ2) is 7.22. The standard InChI is InChI=1S/C21H20N2O2S/c1-3-12-23-18(20-13-15-6-4-5-7-19(15)25-20)14-26-21(23)22-16-8-10-17(24-2)11-9-16/h4-11,13-14H,3,12H2,1-2H3. The lowest BCUT2D eigenvalue weighted by Crippen LogP contribution is -2.15. The van der Waals surface area contributed by atoms with Crippen molar-refractivity contribution in [2.75, 3.05) is 7.11 Å². The number of furan rings is 1. The van der Waals surface area contributed by atoms with Gasteiger partial charge in [0.15, 0.2) is 10.6 Å². The van der Waals surface area contributed by atoms with E-state index >= 15 is 0 Å². The predicted octanol–water partition coefficient (Wildman–Crippen LogP) is 5.61. The molecule has 5 heteroatoms. The SMILES string of the molecule is CCCn1c(-c2cc3ccccc3o2)csc1=Nc1ccc(OC)cc1. The van der Waals surface area contributed by atoms with Crippen LogP contribution in [0, 0.1) is 0 Å². The van der Waals surface area contributed by atoms with E-state index in [9.17, 15) is 0 Å². The molecule has 0 saturated heterocycles. The summed E-state index contributed by atoms with van der Waals surface area (Å²) in [5, 5.41) is 3.24. The van der Waals surface area contributed by atoms with E-state index in [0.29, 0.717) is 0 Å². The summed E-state index contributed by atoms with van der Waals surface area (Å²) in [5.41, 5.74) is 2.89. The van der Waals surface area contributed by atoms with Crippen molar-refractivity contribution in [2.45, 2.75) is 19.9 Å². The number of para-hydroxylation sites is 1. The summed E-state index contributed by atoms with van der Waals surface area (Å²) in [6.45, 7) is 3.06.